The van der Waals surface area contributed by atoms with Crippen molar-refractivity contribution < 1.29 is 9.47 Å². The third kappa shape index (κ3) is 6.41. The van der Waals surface area contributed by atoms with Crippen LogP contribution in [-0.4, -0.2) is 49.3 Å². The van der Waals surface area contributed by atoms with Crippen molar-refractivity contribution in [3.8, 4) is 0 Å². The Balaban J connectivity index is 1.61. The molecule has 0 bridgehead atoms. The van der Waals surface area contributed by atoms with E-state index in [0.29, 0.717) is 5.92 Å². The minimum atomic E-state index is 0.0448. The van der Waals surface area contributed by atoms with Gasteiger partial charge in [-0.05, 0) is 48.4 Å². The zero-order valence-electron chi connectivity index (χ0n) is 25.2. The number of nitrogens with zero attached hydrogens (tertiary/aromatic N) is 3. The molecule has 0 aliphatic heterocycles. The van der Waals surface area contributed by atoms with Crippen molar-refractivity contribution in [3.63, 3.8) is 0 Å². The smallest absolute Gasteiger partial charge is 0.0759 e. The molecule has 0 saturated heterocycles. The number of hydrogen-bond donors (Lipinski definition) is 0. The first-order valence-electron chi connectivity index (χ1n) is 15.0. The summed E-state index contributed by atoms with van der Waals surface area (Å²) in [6.07, 6.45) is 7.20. The Morgan fingerprint density at radius 1 is 0.897 bits per heavy atom. The molecule has 2 aromatic carbocycles. The van der Waals surface area contributed by atoms with Crippen LogP contribution in [0.4, 0.5) is 5.69 Å². The normalized spacial score (nSPS) is 20.8. The number of rotatable bonds is 14. The van der Waals surface area contributed by atoms with Crippen molar-refractivity contribution in [2.24, 2.45) is 0 Å². The van der Waals surface area contributed by atoms with Crippen LogP contribution in [-0.2, 0) is 16.0 Å². The molecule has 1 aliphatic rings. The highest BCUT2D eigenvalue weighted by Crippen LogP contribution is 2.52. The Morgan fingerprint density at radius 3 is 2.08 bits per heavy atom. The summed E-state index contributed by atoms with van der Waals surface area (Å²) in [4.78, 5) is 2.58. The number of anilines is 1. The van der Waals surface area contributed by atoms with Crippen molar-refractivity contribution in [1.82, 2.24) is 9.78 Å². The van der Waals surface area contributed by atoms with Gasteiger partial charge in [-0.2, -0.15) is 5.10 Å². The summed E-state index contributed by atoms with van der Waals surface area (Å²) in [5, 5.41) is 5.04. The van der Waals surface area contributed by atoms with E-state index in [-0.39, 0.29) is 24.0 Å². The molecule has 2 atom stereocenters. The molecular formula is C34H49N3O2. The van der Waals surface area contributed by atoms with Crippen molar-refractivity contribution in [2.45, 2.75) is 96.8 Å². The van der Waals surface area contributed by atoms with Crippen LogP contribution in [0, 0.1) is 6.92 Å². The van der Waals surface area contributed by atoms with Gasteiger partial charge in [-0.15, -0.1) is 0 Å². The second kappa shape index (κ2) is 13.6. The van der Waals surface area contributed by atoms with Crippen molar-refractivity contribution >= 4 is 5.69 Å². The van der Waals surface area contributed by atoms with Crippen LogP contribution in [0.15, 0.2) is 54.7 Å². The highest BCUT2D eigenvalue weighted by molar-refractivity contribution is 5.56. The number of ether oxygens (including phenoxy) is 2. The minimum absolute atomic E-state index is 0.0448. The Hall–Kier alpha value is -2.63. The molecule has 0 amide bonds. The van der Waals surface area contributed by atoms with Crippen LogP contribution >= 0.6 is 0 Å². The Morgan fingerprint density at radius 2 is 1.54 bits per heavy atom. The predicted molar refractivity (Wildman–Crippen MR) is 162 cm³/mol. The number of benzene rings is 2. The van der Waals surface area contributed by atoms with E-state index < -0.39 is 0 Å². The van der Waals surface area contributed by atoms with E-state index >= 15 is 0 Å². The highest BCUT2D eigenvalue weighted by atomic mass is 16.5. The summed E-state index contributed by atoms with van der Waals surface area (Å²) in [6.45, 7) is 14.3. The van der Waals surface area contributed by atoms with Crippen LogP contribution in [0.5, 0.6) is 0 Å². The molecule has 4 rings (SSSR count). The van der Waals surface area contributed by atoms with Gasteiger partial charge >= 0.3 is 0 Å². The van der Waals surface area contributed by atoms with E-state index in [1.807, 2.05) is 14.2 Å². The molecule has 1 saturated carbocycles. The number of aromatic nitrogens is 2. The lowest BCUT2D eigenvalue weighted by Crippen LogP contribution is -2.53. The average Bonchev–Trinajstić information content (AvgIpc) is 3.33. The van der Waals surface area contributed by atoms with E-state index in [1.165, 1.54) is 53.6 Å². The van der Waals surface area contributed by atoms with Gasteiger partial charge in [-0.25, -0.2) is 0 Å². The molecule has 1 aliphatic carbocycles. The van der Waals surface area contributed by atoms with Gasteiger partial charge in [0.05, 0.1) is 24.4 Å². The van der Waals surface area contributed by atoms with Gasteiger partial charge in [0.1, 0.15) is 0 Å². The molecule has 1 aromatic heterocycles. The molecule has 1 heterocycles. The van der Waals surface area contributed by atoms with Crippen LogP contribution in [0.25, 0.3) is 0 Å². The maximum Gasteiger partial charge on any atom is 0.0759 e. The maximum atomic E-state index is 6.21. The second-order valence-electron chi connectivity index (χ2n) is 11.5. The fourth-order valence-electron chi connectivity index (χ4n) is 6.30. The largest absolute Gasteiger partial charge is 0.380 e. The first kappa shape index (κ1) is 29.4. The van der Waals surface area contributed by atoms with Crippen LogP contribution < -0.4 is 4.90 Å². The third-order valence-electron chi connectivity index (χ3n) is 8.38. The van der Waals surface area contributed by atoms with E-state index in [2.05, 4.69) is 98.9 Å². The SMILES string of the molecule is CCCCN(CCCC)c1ccc(C2C(OC)C(c3cn(Cc4ccccc4)nc3C(C)C)C2OC)cc1C. The zero-order valence-corrected chi connectivity index (χ0v) is 25.2. The maximum absolute atomic E-state index is 6.21. The van der Waals surface area contributed by atoms with Crippen molar-refractivity contribution in [1.29, 1.82) is 0 Å². The molecule has 5 nitrogen and oxygen atoms in total. The number of hydrogen-bond acceptors (Lipinski definition) is 4. The van der Waals surface area contributed by atoms with Crippen molar-refractivity contribution in [3.05, 3.63) is 82.7 Å². The lowest BCUT2D eigenvalue weighted by Gasteiger charge is -2.50. The minimum Gasteiger partial charge on any atom is -0.380 e. The van der Waals surface area contributed by atoms with Gasteiger partial charge in [-0.3, -0.25) is 4.68 Å². The fraction of sp³-hybridized carbons (Fsp3) is 0.559. The van der Waals surface area contributed by atoms with E-state index in [1.54, 1.807) is 0 Å². The topological polar surface area (TPSA) is 39.5 Å². The number of unbranched alkanes of at least 4 members (excludes halogenated alkanes) is 2. The molecule has 2 unspecified atom stereocenters. The summed E-state index contributed by atoms with van der Waals surface area (Å²) in [5.74, 6) is 0.664. The third-order valence-corrected chi connectivity index (χ3v) is 8.38. The lowest BCUT2D eigenvalue weighted by atomic mass is 9.62. The zero-order chi connectivity index (χ0) is 27.9. The number of aryl methyl sites for hydroxylation is 1. The molecule has 3 aromatic rings. The van der Waals surface area contributed by atoms with Crippen LogP contribution in [0.1, 0.15) is 99.1 Å². The molecule has 39 heavy (non-hydrogen) atoms. The standard InChI is InChI=1S/C34H49N3O2/c1-8-10-19-36(20-11-9-2)29-18-17-27(21-25(29)5)30-33(38-6)31(34(30)39-7)28-23-37(35-32(28)24(3)4)22-26-15-13-12-14-16-26/h12-18,21,23-24,30-31,33-34H,8-11,19-20,22H2,1-7H3. The van der Waals surface area contributed by atoms with E-state index in [0.717, 1.165) is 25.3 Å². The molecule has 0 N–H and O–H groups in total. The van der Waals surface area contributed by atoms with Crippen LogP contribution in [0.2, 0.25) is 0 Å². The first-order chi connectivity index (χ1) is 18.9. The van der Waals surface area contributed by atoms with E-state index in [9.17, 15) is 0 Å². The molecule has 212 valence electrons. The quantitative estimate of drug-likeness (QED) is 0.214. The molecule has 0 spiro atoms. The van der Waals surface area contributed by atoms with Gasteiger partial charge in [0.15, 0.2) is 0 Å². The first-order valence-corrected chi connectivity index (χ1v) is 15.0. The van der Waals surface area contributed by atoms with Gasteiger partial charge in [0.25, 0.3) is 0 Å². The summed E-state index contributed by atoms with van der Waals surface area (Å²) in [6, 6.07) is 17.6. The summed E-state index contributed by atoms with van der Waals surface area (Å²) < 4.78 is 14.5. The summed E-state index contributed by atoms with van der Waals surface area (Å²) >= 11 is 0. The fourth-order valence-corrected chi connectivity index (χ4v) is 6.30. The lowest BCUT2D eigenvalue weighted by molar-refractivity contribution is -0.116. The van der Waals surface area contributed by atoms with Gasteiger partial charge < -0.3 is 14.4 Å². The second-order valence-corrected chi connectivity index (χ2v) is 11.5. The molecular weight excluding hydrogens is 482 g/mol. The van der Waals surface area contributed by atoms with Crippen LogP contribution in [0.3, 0.4) is 0 Å². The van der Waals surface area contributed by atoms with Gasteiger partial charge in [0, 0.05) is 56.6 Å². The molecule has 1 fully saturated rings. The van der Waals surface area contributed by atoms with Crippen molar-refractivity contribution in [2.75, 3.05) is 32.2 Å². The molecule has 0 radical (unpaired) electrons. The predicted octanol–water partition coefficient (Wildman–Crippen LogP) is 7.68. The van der Waals surface area contributed by atoms with Gasteiger partial charge in [0.2, 0.25) is 0 Å². The summed E-state index contributed by atoms with van der Waals surface area (Å²) in [7, 11) is 3.69. The highest BCUT2D eigenvalue weighted by Gasteiger charge is 2.54. The Kier molecular flexibility index (Phi) is 10.3. The molecule has 5 heteroatoms. The Labute approximate surface area is 236 Å². The summed E-state index contributed by atoms with van der Waals surface area (Å²) in [5.41, 5.74) is 7.67. The Bertz CT molecular complexity index is 1150. The number of methoxy groups -OCH3 is 2. The van der Waals surface area contributed by atoms with E-state index in [4.69, 9.17) is 14.6 Å². The van der Waals surface area contributed by atoms with Gasteiger partial charge in [-0.1, -0.05) is 83.0 Å². The monoisotopic (exact) mass is 531 g/mol. The average molecular weight is 532 g/mol.